The largest absolute Gasteiger partial charge is 0.353 e. The minimum Gasteiger partial charge on any atom is -0.353 e. The van der Waals surface area contributed by atoms with Gasteiger partial charge in [-0.15, -0.1) is 0 Å². The summed E-state index contributed by atoms with van der Waals surface area (Å²) in [5.41, 5.74) is 0. The van der Waals surface area contributed by atoms with Gasteiger partial charge in [0, 0.05) is 26.1 Å². The second kappa shape index (κ2) is 6.28. The van der Waals surface area contributed by atoms with Crippen LogP contribution in [-0.4, -0.2) is 41.1 Å². The average Bonchev–Trinajstić information content (AvgIpc) is 2.27. The van der Waals surface area contributed by atoms with E-state index in [0.29, 0.717) is 13.1 Å². The Morgan fingerprint density at radius 2 is 1.82 bits per heavy atom. The summed E-state index contributed by atoms with van der Waals surface area (Å²) in [6.45, 7) is 6.96. The van der Waals surface area contributed by atoms with Crippen LogP contribution in [0.25, 0.3) is 0 Å². The van der Waals surface area contributed by atoms with Crippen LogP contribution in [0.15, 0.2) is 0 Å². The van der Waals surface area contributed by atoms with Crippen molar-refractivity contribution >= 4 is 24.4 Å². The Morgan fingerprint density at radius 1 is 1.29 bits per heavy atom. The van der Waals surface area contributed by atoms with Gasteiger partial charge >= 0.3 is 0 Å². The van der Waals surface area contributed by atoms with Crippen molar-refractivity contribution < 1.29 is 9.59 Å². The number of hydrogen-bond donors (Lipinski definition) is 2. The van der Waals surface area contributed by atoms with E-state index in [9.17, 15) is 9.59 Å². The van der Waals surface area contributed by atoms with Gasteiger partial charge in [0.25, 0.3) is 0 Å². The van der Waals surface area contributed by atoms with Crippen molar-refractivity contribution in [1.82, 2.24) is 10.2 Å². The van der Waals surface area contributed by atoms with E-state index in [0.717, 1.165) is 12.8 Å². The predicted molar refractivity (Wildman–Crippen MR) is 71.0 cm³/mol. The Labute approximate surface area is 109 Å². The molecule has 5 heteroatoms. The van der Waals surface area contributed by atoms with E-state index < -0.39 is 0 Å². The molecule has 1 atom stereocenters. The van der Waals surface area contributed by atoms with Crippen LogP contribution in [0, 0.1) is 5.92 Å². The van der Waals surface area contributed by atoms with Gasteiger partial charge in [-0.25, -0.2) is 0 Å². The molecule has 1 aliphatic rings. The van der Waals surface area contributed by atoms with Crippen molar-refractivity contribution in [3.8, 4) is 0 Å². The first kappa shape index (κ1) is 14.4. The second-order valence-corrected chi connectivity index (χ2v) is 5.55. The molecule has 2 amide bonds. The maximum atomic E-state index is 12.0. The molecule has 0 aromatic rings. The fourth-order valence-corrected chi connectivity index (χ4v) is 2.17. The fraction of sp³-hybridized carbons (Fsp3) is 0.833. The molecule has 0 aromatic heterocycles. The number of amides is 2. The lowest BCUT2D eigenvalue weighted by molar-refractivity contribution is -0.132. The molecule has 98 valence electrons. The maximum Gasteiger partial charge on any atom is 0.235 e. The van der Waals surface area contributed by atoms with E-state index in [-0.39, 0.29) is 29.0 Å². The molecule has 0 radical (unpaired) electrons. The highest BCUT2D eigenvalue weighted by atomic mass is 32.1. The Morgan fingerprint density at radius 3 is 2.24 bits per heavy atom. The number of thiol groups is 1. The highest BCUT2D eigenvalue weighted by molar-refractivity contribution is 7.81. The quantitative estimate of drug-likeness (QED) is 0.744. The molecule has 1 saturated heterocycles. The predicted octanol–water partition coefficient (Wildman–Crippen LogP) is 1.07. The number of nitrogens with zero attached hydrogens (tertiary/aromatic N) is 1. The van der Waals surface area contributed by atoms with E-state index in [1.54, 1.807) is 0 Å². The average molecular weight is 258 g/mol. The smallest absolute Gasteiger partial charge is 0.235 e. The SMILES string of the molecule is CC(=O)NC1CCN(C(=O)C(S)C(C)C)CC1. The van der Waals surface area contributed by atoms with E-state index in [2.05, 4.69) is 17.9 Å². The van der Waals surface area contributed by atoms with Gasteiger partial charge in [-0.2, -0.15) is 12.6 Å². The van der Waals surface area contributed by atoms with Crippen molar-refractivity contribution in [2.24, 2.45) is 5.92 Å². The molecule has 1 fully saturated rings. The zero-order valence-electron chi connectivity index (χ0n) is 10.8. The summed E-state index contributed by atoms with van der Waals surface area (Å²) in [6.07, 6.45) is 1.67. The molecular weight excluding hydrogens is 236 g/mol. The molecule has 0 aliphatic carbocycles. The second-order valence-electron chi connectivity index (χ2n) is 4.99. The number of nitrogens with one attached hydrogen (secondary N) is 1. The molecule has 17 heavy (non-hydrogen) atoms. The summed E-state index contributed by atoms with van der Waals surface area (Å²) in [6, 6.07) is 0.217. The first-order valence-corrected chi connectivity index (χ1v) is 6.67. The molecule has 1 unspecified atom stereocenters. The first-order chi connectivity index (χ1) is 7.91. The molecule has 0 aromatic carbocycles. The van der Waals surface area contributed by atoms with Crippen LogP contribution >= 0.6 is 12.6 Å². The van der Waals surface area contributed by atoms with Gasteiger partial charge < -0.3 is 10.2 Å². The lowest BCUT2D eigenvalue weighted by atomic mass is 10.0. The molecule has 0 spiro atoms. The normalized spacial score (nSPS) is 19.2. The fourth-order valence-electron chi connectivity index (χ4n) is 2.00. The zero-order chi connectivity index (χ0) is 13.0. The standard InChI is InChI=1S/C12H22N2O2S/c1-8(2)11(17)12(16)14-6-4-10(5-7-14)13-9(3)15/h8,10-11,17H,4-7H2,1-3H3,(H,13,15). The molecule has 0 saturated carbocycles. The highest BCUT2D eigenvalue weighted by Crippen LogP contribution is 2.17. The van der Waals surface area contributed by atoms with Crippen LogP contribution in [0.5, 0.6) is 0 Å². The van der Waals surface area contributed by atoms with Gasteiger partial charge in [0.1, 0.15) is 0 Å². The van der Waals surface area contributed by atoms with Gasteiger partial charge in [-0.05, 0) is 18.8 Å². The Hall–Kier alpha value is -0.710. The first-order valence-electron chi connectivity index (χ1n) is 6.15. The lowest BCUT2D eigenvalue weighted by Crippen LogP contribution is -2.48. The summed E-state index contributed by atoms with van der Waals surface area (Å²) in [5, 5.41) is 2.68. The topological polar surface area (TPSA) is 49.4 Å². The summed E-state index contributed by atoms with van der Waals surface area (Å²) in [5.74, 6) is 0.368. The third-order valence-corrected chi connectivity index (χ3v) is 3.92. The van der Waals surface area contributed by atoms with Crippen molar-refractivity contribution in [2.45, 2.75) is 44.9 Å². The van der Waals surface area contributed by atoms with Crippen LogP contribution in [-0.2, 0) is 9.59 Å². The molecule has 0 bridgehead atoms. The lowest BCUT2D eigenvalue weighted by Gasteiger charge is -2.34. The third-order valence-electron chi connectivity index (χ3n) is 3.10. The van der Waals surface area contributed by atoms with E-state index in [1.807, 2.05) is 18.7 Å². The van der Waals surface area contributed by atoms with E-state index in [1.165, 1.54) is 6.92 Å². The van der Waals surface area contributed by atoms with Gasteiger partial charge in [0.2, 0.25) is 11.8 Å². The summed E-state index contributed by atoms with van der Waals surface area (Å²) in [4.78, 5) is 24.8. The van der Waals surface area contributed by atoms with Gasteiger partial charge in [-0.1, -0.05) is 13.8 Å². The van der Waals surface area contributed by atoms with Crippen LogP contribution < -0.4 is 5.32 Å². The van der Waals surface area contributed by atoms with Crippen LogP contribution in [0.4, 0.5) is 0 Å². The van der Waals surface area contributed by atoms with Crippen molar-refractivity contribution in [3.63, 3.8) is 0 Å². The molecular formula is C12H22N2O2S. The summed E-state index contributed by atoms with van der Waals surface area (Å²) >= 11 is 4.35. The Bertz CT molecular complexity index is 286. The van der Waals surface area contributed by atoms with Crippen LogP contribution in [0.3, 0.4) is 0 Å². The number of carbonyl (C=O) groups is 2. The van der Waals surface area contributed by atoms with Gasteiger partial charge in [0.15, 0.2) is 0 Å². The molecule has 4 nitrogen and oxygen atoms in total. The highest BCUT2D eigenvalue weighted by Gasteiger charge is 2.27. The number of piperidine rings is 1. The Balaban J connectivity index is 2.41. The molecule has 1 heterocycles. The van der Waals surface area contributed by atoms with Gasteiger partial charge in [-0.3, -0.25) is 9.59 Å². The number of hydrogen-bond acceptors (Lipinski definition) is 3. The van der Waals surface area contributed by atoms with Crippen molar-refractivity contribution in [3.05, 3.63) is 0 Å². The minimum absolute atomic E-state index is 0.00373. The van der Waals surface area contributed by atoms with E-state index in [4.69, 9.17) is 0 Å². The number of likely N-dealkylation sites (tertiary alicyclic amines) is 1. The zero-order valence-corrected chi connectivity index (χ0v) is 11.7. The summed E-state index contributed by atoms with van der Waals surface area (Å²) in [7, 11) is 0. The van der Waals surface area contributed by atoms with E-state index >= 15 is 0 Å². The van der Waals surface area contributed by atoms with Crippen molar-refractivity contribution in [2.75, 3.05) is 13.1 Å². The van der Waals surface area contributed by atoms with Gasteiger partial charge in [0.05, 0.1) is 5.25 Å². The third kappa shape index (κ3) is 4.22. The Kier molecular flexibility index (Phi) is 5.31. The monoisotopic (exact) mass is 258 g/mol. The number of carbonyl (C=O) groups excluding carboxylic acids is 2. The molecule has 1 rings (SSSR count). The molecule has 1 N–H and O–H groups in total. The minimum atomic E-state index is -0.215. The van der Waals surface area contributed by atoms with Crippen LogP contribution in [0.2, 0.25) is 0 Å². The van der Waals surface area contributed by atoms with Crippen molar-refractivity contribution in [1.29, 1.82) is 0 Å². The maximum absolute atomic E-state index is 12.0. The molecule has 1 aliphatic heterocycles. The van der Waals surface area contributed by atoms with Crippen LogP contribution in [0.1, 0.15) is 33.6 Å². The summed E-state index contributed by atoms with van der Waals surface area (Å²) < 4.78 is 0. The number of rotatable bonds is 3.